The fourth-order valence-corrected chi connectivity index (χ4v) is 2.13. The van der Waals surface area contributed by atoms with Crippen molar-refractivity contribution in [3.05, 3.63) is 5.69 Å². The first-order valence-corrected chi connectivity index (χ1v) is 6.42. The van der Waals surface area contributed by atoms with E-state index in [1.54, 1.807) is 4.57 Å². The van der Waals surface area contributed by atoms with E-state index >= 15 is 0 Å². The summed E-state index contributed by atoms with van der Waals surface area (Å²) in [6.45, 7) is 8.59. The van der Waals surface area contributed by atoms with Gasteiger partial charge in [0.25, 0.3) is 0 Å². The number of carbonyl (C=O) groups excluding carboxylic acids is 1. The van der Waals surface area contributed by atoms with Gasteiger partial charge in [-0.3, -0.25) is 9.36 Å². The van der Waals surface area contributed by atoms with E-state index in [-0.39, 0.29) is 18.5 Å². The minimum atomic E-state index is -0.0810. The van der Waals surface area contributed by atoms with Crippen LogP contribution in [0.5, 0.6) is 0 Å². The fraction of sp³-hybridized carbons (Fsp3) is 0.583. The third kappa shape index (κ3) is 2.40. The van der Waals surface area contributed by atoms with Gasteiger partial charge in [-0.05, 0) is 27.7 Å². The van der Waals surface area contributed by atoms with Crippen molar-refractivity contribution in [1.82, 2.24) is 24.6 Å². The summed E-state index contributed by atoms with van der Waals surface area (Å²) < 4.78 is 3.52. The molecule has 0 aliphatic rings. The first-order chi connectivity index (χ1) is 8.93. The number of nitrogens with two attached hydrogens (primary N) is 1. The zero-order valence-corrected chi connectivity index (χ0v) is 11.8. The van der Waals surface area contributed by atoms with Crippen LogP contribution in [0.25, 0.3) is 11.2 Å². The summed E-state index contributed by atoms with van der Waals surface area (Å²) in [5.41, 5.74) is 8.29. The van der Waals surface area contributed by atoms with Gasteiger partial charge in [-0.15, -0.1) is 0 Å². The lowest BCUT2D eigenvalue weighted by atomic mass is 10.4. The van der Waals surface area contributed by atoms with Crippen molar-refractivity contribution in [1.29, 1.82) is 0 Å². The van der Waals surface area contributed by atoms with Gasteiger partial charge >= 0.3 is 0 Å². The van der Waals surface area contributed by atoms with Crippen molar-refractivity contribution in [2.45, 2.75) is 46.8 Å². The lowest BCUT2D eigenvalue weighted by Crippen LogP contribution is -2.33. The minimum Gasteiger partial charge on any atom is -0.369 e. The van der Waals surface area contributed by atoms with Gasteiger partial charge in [0.2, 0.25) is 11.9 Å². The minimum absolute atomic E-state index is 0.0810. The second kappa shape index (κ2) is 4.91. The SMILES string of the molecule is CCn1nc(C)c2nc(N)n(CC(=O)NC(C)C)c21. The number of nitrogen functional groups attached to an aromatic ring is 1. The van der Waals surface area contributed by atoms with Crippen LogP contribution in [0.3, 0.4) is 0 Å². The Morgan fingerprint density at radius 2 is 2.16 bits per heavy atom. The quantitative estimate of drug-likeness (QED) is 0.849. The first-order valence-electron chi connectivity index (χ1n) is 6.42. The fourth-order valence-electron chi connectivity index (χ4n) is 2.13. The normalized spacial score (nSPS) is 11.4. The average Bonchev–Trinajstić information content (AvgIpc) is 2.78. The van der Waals surface area contributed by atoms with Crippen LogP contribution in [0, 0.1) is 6.92 Å². The number of hydrogen-bond donors (Lipinski definition) is 2. The number of nitrogens with zero attached hydrogens (tertiary/aromatic N) is 4. The maximum atomic E-state index is 11.9. The number of hydrogen-bond acceptors (Lipinski definition) is 4. The molecule has 0 bridgehead atoms. The number of carbonyl (C=O) groups is 1. The molecule has 0 saturated heterocycles. The molecular formula is C12H20N6O. The van der Waals surface area contributed by atoms with Gasteiger partial charge in [0.15, 0.2) is 5.65 Å². The lowest BCUT2D eigenvalue weighted by molar-refractivity contribution is -0.122. The summed E-state index contributed by atoms with van der Waals surface area (Å²) in [4.78, 5) is 16.2. The summed E-state index contributed by atoms with van der Waals surface area (Å²) in [5, 5.41) is 7.23. The number of rotatable bonds is 4. The van der Waals surface area contributed by atoms with Crippen molar-refractivity contribution in [3.8, 4) is 0 Å². The molecule has 3 N–H and O–H groups in total. The summed E-state index contributed by atoms with van der Waals surface area (Å²) in [5.74, 6) is 0.263. The molecule has 0 aliphatic heterocycles. The van der Waals surface area contributed by atoms with Gasteiger partial charge in [0, 0.05) is 12.6 Å². The summed E-state index contributed by atoms with van der Waals surface area (Å²) in [6, 6.07) is 0.102. The Balaban J connectivity index is 2.42. The van der Waals surface area contributed by atoms with E-state index in [0.717, 1.165) is 16.9 Å². The summed E-state index contributed by atoms with van der Waals surface area (Å²) >= 11 is 0. The Bertz CT molecular complexity index is 609. The zero-order valence-electron chi connectivity index (χ0n) is 11.8. The van der Waals surface area contributed by atoms with Crippen LogP contribution < -0.4 is 11.1 Å². The lowest BCUT2D eigenvalue weighted by Gasteiger charge is -2.10. The van der Waals surface area contributed by atoms with Gasteiger partial charge < -0.3 is 11.1 Å². The van der Waals surface area contributed by atoms with Crippen molar-refractivity contribution in [2.75, 3.05) is 5.73 Å². The van der Waals surface area contributed by atoms with E-state index in [0.29, 0.717) is 12.5 Å². The zero-order chi connectivity index (χ0) is 14.2. The molecule has 7 nitrogen and oxygen atoms in total. The standard InChI is InChI=1S/C12H20N6O/c1-5-18-11-10(8(4)16-18)15-12(13)17(11)6-9(19)14-7(2)3/h7H,5-6H2,1-4H3,(H2,13,15)(H,14,19). The van der Waals surface area contributed by atoms with Crippen LogP contribution in [0.15, 0.2) is 0 Å². The molecule has 19 heavy (non-hydrogen) atoms. The monoisotopic (exact) mass is 264 g/mol. The number of anilines is 1. The molecule has 104 valence electrons. The van der Waals surface area contributed by atoms with E-state index in [4.69, 9.17) is 5.73 Å². The predicted octanol–water partition coefficient (Wildman–Crippen LogP) is 0.668. The average molecular weight is 264 g/mol. The van der Waals surface area contributed by atoms with Crippen molar-refractivity contribution in [2.24, 2.45) is 0 Å². The third-order valence-electron chi connectivity index (χ3n) is 2.88. The molecule has 1 amide bonds. The topological polar surface area (TPSA) is 90.8 Å². The molecule has 2 aromatic heterocycles. The second-order valence-corrected chi connectivity index (χ2v) is 4.85. The largest absolute Gasteiger partial charge is 0.369 e. The second-order valence-electron chi connectivity index (χ2n) is 4.85. The Labute approximate surface area is 111 Å². The Hall–Kier alpha value is -2.05. The van der Waals surface area contributed by atoms with Crippen molar-refractivity contribution >= 4 is 23.0 Å². The van der Waals surface area contributed by atoms with Crippen molar-refractivity contribution < 1.29 is 4.79 Å². The van der Waals surface area contributed by atoms with E-state index in [1.807, 2.05) is 32.4 Å². The van der Waals surface area contributed by atoms with E-state index in [1.165, 1.54) is 0 Å². The highest BCUT2D eigenvalue weighted by atomic mass is 16.2. The smallest absolute Gasteiger partial charge is 0.240 e. The molecule has 0 radical (unpaired) electrons. The molecular weight excluding hydrogens is 244 g/mol. The van der Waals surface area contributed by atoms with E-state index < -0.39 is 0 Å². The Morgan fingerprint density at radius 3 is 2.74 bits per heavy atom. The highest BCUT2D eigenvalue weighted by molar-refractivity contribution is 5.82. The molecule has 7 heteroatoms. The number of fused-ring (bicyclic) bond motifs is 1. The molecule has 0 spiro atoms. The third-order valence-corrected chi connectivity index (χ3v) is 2.88. The Kier molecular flexibility index (Phi) is 3.46. The van der Waals surface area contributed by atoms with Gasteiger partial charge in [-0.2, -0.15) is 5.10 Å². The van der Waals surface area contributed by atoms with Crippen LogP contribution in [0.4, 0.5) is 5.95 Å². The van der Waals surface area contributed by atoms with Crippen LogP contribution in [0.1, 0.15) is 26.5 Å². The van der Waals surface area contributed by atoms with Crippen molar-refractivity contribution in [3.63, 3.8) is 0 Å². The van der Waals surface area contributed by atoms with Gasteiger partial charge in [0.05, 0.1) is 5.69 Å². The van der Waals surface area contributed by atoms with Gasteiger partial charge in [0.1, 0.15) is 12.1 Å². The van der Waals surface area contributed by atoms with Crippen LogP contribution in [-0.2, 0) is 17.9 Å². The van der Waals surface area contributed by atoms with Gasteiger partial charge in [-0.25, -0.2) is 9.67 Å². The number of aryl methyl sites for hydroxylation is 2. The molecule has 0 aliphatic carbocycles. The number of imidazole rings is 1. The van der Waals surface area contributed by atoms with E-state index in [2.05, 4.69) is 15.4 Å². The number of aromatic nitrogens is 4. The maximum absolute atomic E-state index is 11.9. The highest BCUT2D eigenvalue weighted by Crippen LogP contribution is 2.20. The molecule has 0 fully saturated rings. The number of amides is 1. The molecule has 0 saturated carbocycles. The summed E-state index contributed by atoms with van der Waals surface area (Å²) in [6.07, 6.45) is 0. The molecule has 0 unspecified atom stereocenters. The molecule has 2 aromatic rings. The Morgan fingerprint density at radius 1 is 1.47 bits per heavy atom. The van der Waals surface area contributed by atoms with Gasteiger partial charge in [-0.1, -0.05) is 0 Å². The number of nitrogens with one attached hydrogen (secondary N) is 1. The van der Waals surface area contributed by atoms with Crippen LogP contribution in [-0.4, -0.2) is 31.3 Å². The molecule has 2 rings (SSSR count). The maximum Gasteiger partial charge on any atom is 0.240 e. The molecule has 2 heterocycles. The van der Waals surface area contributed by atoms with Crippen LogP contribution >= 0.6 is 0 Å². The first kappa shape index (κ1) is 13.4. The van der Waals surface area contributed by atoms with Crippen LogP contribution in [0.2, 0.25) is 0 Å². The highest BCUT2D eigenvalue weighted by Gasteiger charge is 2.18. The van der Waals surface area contributed by atoms with E-state index in [9.17, 15) is 4.79 Å². The molecule has 0 aromatic carbocycles. The predicted molar refractivity (Wildman–Crippen MR) is 73.6 cm³/mol. The molecule has 0 atom stereocenters. The summed E-state index contributed by atoms with van der Waals surface area (Å²) in [7, 11) is 0.